The number of carbonyl (C=O) groups excluding carboxylic acids is 1. The van der Waals surface area contributed by atoms with Gasteiger partial charge in [0, 0.05) is 19.7 Å². The lowest BCUT2D eigenvalue weighted by molar-refractivity contribution is -0.137. The van der Waals surface area contributed by atoms with Gasteiger partial charge in [0.15, 0.2) is 11.5 Å². The Hall–Kier alpha value is -2.50. The van der Waals surface area contributed by atoms with Crippen LogP contribution in [0.3, 0.4) is 0 Å². The maximum absolute atomic E-state index is 11.8. The molecule has 112 valence electrons. The largest absolute Gasteiger partial charge is 0.486 e. The van der Waals surface area contributed by atoms with Gasteiger partial charge in [0.1, 0.15) is 13.2 Å². The number of carboxylic acids is 1. The van der Waals surface area contributed by atoms with E-state index in [0.29, 0.717) is 24.7 Å². The van der Waals surface area contributed by atoms with E-state index in [1.165, 1.54) is 11.0 Å². The third kappa shape index (κ3) is 4.24. The topological polar surface area (TPSA) is 76.1 Å². The number of hydrogen-bond acceptors (Lipinski definition) is 4. The van der Waals surface area contributed by atoms with Crippen LogP contribution >= 0.6 is 0 Å². The Bertz CT molecular complexity index is 567. The van der Waals surface area contributed by atoms with Gasteiger partial charge in [-0.3, -0.25) is 9.59 Å². The zero-order valence-electron chi connectivity index (χ0n) is 11.7. The van der Waals surface area contributed by atoms with E-state index in [9.17, 15) is 9.59 Å². The number of carbonyl (C=O) groups is 2. The van der Waals surface area contributed by atoms with Crippen LogP contribution < -0.4 is 9.47 Å². The molecule has 2 rings (SSSR count). The fourth-order valence-electron chi connectivity index (χ4n) is 1.83. The van der Waals surface area contributed by atoms with Crippen molar-refractivity contribution in [1.29, 1.82) is 0 Å². The highest BCUT2D eigenvalue weighted by molar-refractivity contribution is 5.91. The average Bonchev–Trinajstić information content (AvgIpc) is 2.49. The number of nitrogens with zero attached hydrogens (tertiary/aromatic N) is 1. The predicted octanol–water partition coefficient (Wildman–Crippen LogP) is 1.40. The van der Waals surface area contributed by atoms with Crippen LogP contribution in [-0.4, -0.2) is 48.7 Å². The second-order valence-electron chi connectivity index (χ2n) is 4.64. The molecule has 6 nitrogen and oxygen atoms in total. The summed E-state index contributed by atoms with van der Waals surface area (Å²) in [4.78, 5) is 23.6. The van der Waals surface area contributed by atoms with Crippen LogP contribution in [0.1, 0.15) is 12.0 Å². The summed E-state index contributed by atoms with van der Waals surface area (Å²) < 4.78 is 10.9. The van der Waals surface area contributed by atoms with Crippen molar-refractivity contribution >= 4 is 18.0 Å². The summed E-state index contributed by atoms with van der Waals surface area (Å²) in [6.45, 7) is 1.23. The highest BCUT2D eigenvalue weighted by atomic mass is 16.6. The van der Waals surface area contributed by atoms with Gasteiger partial charge in [-0.2, -0.15) is 0 Å². The van der Waals surface area contributed by atoms with Crippen LogP contribution in [-0.2, 0) is 9.59 Å². The molecule has 0 radical (unpaired) electrons. The van der Waals surface area contributed by atoms with Gasteiger partial charge in [0.25, 0.3) is 0 Å². The van der Waals surface area contributed by atoms with Crippen LogP contribution in [0.5, 0.6) is 11.5 Å². The number of hydrogen-bond donors (Lipinski definition) is 1. The van der Waals surface area contributed by atoms with E-state index >= 15 is 0 Å². The Kier molecular flexibility index (Phi) is 4.81. The van der Waals surface area contributed by atoms with E-state index in [1.54, 1.807) is 25.3 Å². The molecule has 0 aromatic heterocycles. The van der Waals surface area contributed by atoms with Crippen molar-refractivity contribution in [1.82, 2.24) is 4.90 Å². The first-order valence-corrected chi connectivity index (χ1v) is 6.61. The monoisotopic (exact) mass is 291 g/mol. The Morgan fingerprint density at radius 1 is 1.29 bits per heavy atom. The molecule has 1 aromatic rings. The van der Waals surface area contributed by atoms with Crippen LogP contribution in [0.2, 0.25) is 0 Å². The summed E-state index contributed by atoms with van der Waals surface area (Å²) in [6, 6.07) is 5.43. The number of likely N-dealkylation sites (N-methyl/N-ethyl adjacent to an activating group) is 1. The molecule has 1 aliphatic rings. The van der Waals surface area contributed by atoms with Gasteiger partial charge < -0.3 is 19.5 Å². The van der Waals surface area contributed by atoms with Crippen molar-refractivity contribution in [3.05, 3.63) is 29.8 Å². The minimum Gasteiger partial charge on any atom is -0.486 e. The molecule has 0 saturated heterocycles. The van der Waals surface area contributed by atoms with Gasteiger partial charge in [0.05, 0.1) is 6.42 Å². The van der Waals surface area contributed by atoms with Crippen molar-refractivity contribution in [3.63, 3.8) is 0 Å². The maximum atomic E-state index is 11.8. The molecule has 6 heteroatoms. The van der Waals surface area contributed by atoms with Crippen molar-refractivity contribution in [2.45, 2.75) is 6.42 Å². The van der Waals surface area contributed by atoms with Crippen LogP contribution in [0, 0.1) is 0 Å². The number of carboxylic acid groups (broad SMARTS) is 1. The molecule has 0 unspecified atom stereocenters. The minimum atomic E-state index is -0.925. The number of amides is 1. The van der Waals surface area contributed by atoms with Gasteiger partial charge in [-0.15, -0.1) is 0 Å². The SMILES string of the molecule is CN(CCC(=O)O)C(=O)C=Cc1ccc2c(c1)OCCO2. The smallest absolute Gasteiger partial charge is 0.305 e. The van der Waals surface area contributed by atoms with Crippen LogP contribution in [0.15, 0.2) is 24.3 Å². The lowest BCUT2D eigenvalue weighted by atomic mass is 10.1. The number of rotatable bonds is 5. The summed E-state index contributed by atoms with van der Waals surface area (Å²) in [5.74, 6) is 0.190. The van der Waals surface area contributed by atoms with Gasteiger partial charge in [-0.25, -0.2) is 0 Å². The van der Waals surface area contributed by atoms with E-state index in [0.717, 1.165) is 5.56 Å². The van der Waals surface area contributed by atoms with Gasteiger partial charge in [-0.05, 0) is 23.8 Å². The first-order chi connectivity index (χ1) is 10.1. The highest BCUT2D eigenvalue weighted by Crippen LogP contribution is 2.31. The second kappa shape index (κ2) is 6.78. The first-order valence-electron chi connectivity index (χ1n) is 6.61. The van der Waals surface area contributed by atoms with Crippen molar-refractivity contribution < 1.29 is 24.2 Å². The molecule has 21 heavy (non-hydrogen) atoms. The average molecular weight is 291 g/mol. The van der Waals surface area contributed by atoms with Crippen molar-refractivity contribution in [3.8, 4) is 11.5 Å². The third-order valence-electron chi connectivity index (χ3n) is 3.02. The molecule has 1 heterocycles. The fourth-order valence-corrected chi connectivity index (χ4v) is 1.83. The zero-order chi connectivity index (χ0) is 15.2. The molecule has 1 aromatic carbocycles. The zero-order valence-corrected chi connectivity index (χ0v) is 11.7. The number of ether oxygens (including phenoxy) is 2. The first kappa shape index (κ1) is 14.9. The minimum absolute atomic E-state index is 0.0693. The van der Waals surface area contributed by atoms with E-state index in [4.69, 9.17) is 14.6 Å². The lowest BCUT2D eigenvalue weighted by Gasteiger charge is -2.18. The fraction of sp³-hybridized carbons (Fsp3) is 0.333. The molecule has 0 bridgehead atoms. The summed E-state index contributed by atoms with van der Waals surface area (Å²) >= 11 is 0. The van der Waals surface area contributed by atoms with E-state index in [-0.39, 0.29) is 18.9 Å². The van der Waals surface area contributed by atoms with Gasteiger partial charge in [-0.1, -0.05) is 6.07 Å². The molecule has 0 atom stereocenters. The highest BCUT2D eigenvalue weighted by Gasteiger charge is 2.11. The number of fused-ring (bicyclic) bond motifs is 1. The molecule has 1 N–H and O–H groups in total. The molecule has 0 fully saturated rings. The van der Waals surface area contributed by atoms with E-state index in [1.807, 2.05) is 6.07 Å². The van der Waals surface area contributed by atoms with Gasteiger partial charge >= 0.3 is 5.97 Å². The van der Waals surface area contributed by atoms with E-state index in [2.05, 4.69) is 0 Å². The lowest BCUT2D eigenvalue weighted by Crippen LogP contribution is -2.27. The number of benzene rings is 1. The quantitative estimate of drug-likeness (QED) is 0.830. The molecule has 1 amide bonds. The summed E-state index contributed by atoms with van der Waals surface area (Å²) in [6.07, 6.45) is 3.01. The molecule has 0 saturated carbocycles. The standard InChI is InChI=1S/C15H17NO5/c1-16(7-6-15(18)19)14(17)5-3-11-2-4-12-13(10-11)21-9-8-20-12/h2-5,10H,6-9H2,1H3,(H,18,19). The summed E-state index contributed by atoms with van der Waals surface area (Å²) in [5.41, 5.74) is 0.819. The normalized spacial score (nSPS) is 13.2. The molecule has 1 aliphatic heterocycles. The number of aliphatic carboxylic acids is 1. The Morgan fingerprint density at radius 3 is 2.71 bits per heavy atom. The van der Waals surface area contributed by atoms with E-state index < -0.39 is 5.97 Å². The predicted molar refractivity (Wildman–Crippen MR) is 76.4 cm³/mol. The Labute approximate surface area is 122 Å². The maximum Gasteiger partial charge on any atom is 0.305 e. The third-order valence-corrected chi connectivity index (χ3v) is 3.02. The van der Waals surface area contributed by atoms with Crippen molar-refractivity contribution in [2.24, 2.45) is 0 Å². The van der Waals surface area contributed by atoms with Crippen molar-refractivity contribution in [2.75, 3.05) is 26.8 Å². The second-order valence-corrected chi connectivity index (χ2v) is 4.64. The Morgan fingerprint density at radius 2 is 2.00 bits per heavy atom. The molecule has 0 spiro atoms. The van der Waals surface area contributed by atoms with Crippen LogP contribution in [0.25, 0.3) is 6.08 Å². The summed E-state index contributed by atoms with van der Waals surface area (Å²) in [7, 11) is 1.57. The molecular formula is C15H17NO5. The summed E-state index contributed by atoms with van der Waals surface area (Å²) in [5, 5.41) is 8.58. The molecule has 0 aliphatic carbocycles. The van der Waals surface area contributed by atoms with Crippen LogP contribution in [0.4, 0.5) is 0 Å². The Balaban J connectivity index is 1.97. The molecular weight excluding hydrogens is 274 g/mol. The van der Waals surface area contributed by atoms with Gasteiger partial charge in [0.2, 0.25) is 5.91 Å².